The van der Waals surface area contributed by atoms with Crippen LogP contribution in [-0.4, -0.2) is 56.3 Å². The number of rotatable bonds is 6. The molecule has 0 spiro atoms. The molecule has 0 unspecified atom stereocenters. The number of carbonyl (C=O) groups excluding carboxylic acids is 1. The number of hydrogen-bond donors (Lipinski definition) is 1. The van der Waals surface area contributed by atoms with E-state index in [4.69, 9.17) is 0 Å². The summed E-state index contributed by atoms with van der Waals surface area (Å²) >= 11 is 1.54. The Morgan fingerprint density at radius 2 is 2.04 bits per heavy atom. The van der Waals surface area contributed by atoms with Crippen molar-refractivity contribution in [3.05, 3.63) is 24.2 Å². The zero-order chi connectivity index (χ0) is 16.8. The molecule has 0 aliphatic carbocycles. The topological polar surface area (TPSA) is 88.8 Å². The monoisotopic (exact) mass is 347 g/mol. The van der Waals surface area contributed by atoms with Crippen LogP contribution in [0.5, 0.6) is 0 Å². The molecule has 8 nitrogen and oxygen atoms in total. The van der Waals surface area contributed by atoms with Gasteiger partial charge in [0.2, 0.25) is 0 Å². The highest BCUT2D eigenvalue weighted by Crippen LogP contribution is 2.16. The number of thioether (sulfide) groups is 1. The van der Waals surface area contributed by atoms with Crippen LogP contribution in [0.3, 0.4) is 0 Å². The molecule has 9 heteroatoms. The summed E-state index contributed by atoms with van der Waals surface area (Å²) in [6, 6.07) is 3.61. The fourth-order valence-electron chi connectivity index (χ4n) is 2.54. The van der Waals surface area contributed by atoms with Crippen LogP contribution in [0.25, 0.3) is 0 Å². The minimum Gasteiger partial charge on any atom is -0.355 e. The van der Waals surface area contributed by atoms with Crippen molar-refractivity contribution >= 4 is 23.5 Å². The zero-order valence-corrected chi connectivity index (χ0v) is 14.5. The highest BCUT2D eigenvalue weighted by molar-refractivity contribution is 7.99. The molecule has 0 aromatic carbocycles. The van der Waals surface area contributed by atoms with Gasteiger partial charge >= 0.3 is 0 Å². The summed E-state index contributed by atoms with van der Waals surface area (Å²) in [5, 5.41) is 19.7. The molecule has 2 aromatic heterocycles. The smallest absolute Gasteiger partial charge is 0.271 e. The van der Waals surface area contributed by atoms with Crippen LogP contribution >= 0.6 is 11.8 Å². The van der Waals surface area contributed by atoms with E-state index in [0.717, 1.165) is 29.8 Å². The maximum absolute atomic E-state index is 12.1. The van der Waals surface area contributed by atoms with Gasteiger partial charge in [-0.2, -0.15) is 0 Å². The third-order valence-electron chi connectivity index (χ3n) is 3.85. The summed E-state index contributed by atoms with van der Waals surface area (Å²) in [5.74, 6) is 1.37. The lowest BCUT2D eigenvalue weighted by Gasteiger charge is -2.27. The van der Waals surface area contributed by atoms with E-state index in [0.29, 0.717) is 12.2 Å². The van der Waals surface area contributed by atoms with Crippen molar-refractivity contribution in [2.75, 3.05) is 30.3 Å². The van der Waals surface area contributed by atoms with Crippen molar-refractivity contribution in [2.24, 2.45) is 7.05 Å². The minimum atomic E-state index is -0.203. The maximum Gasteiger partial charge on any atom is 0.271 e. The molecule has 2 aromatic rings. The predicted octanol–water partition coefficient (Wildman–Crippen LogP) is 1.12. The second kappa shape index (κ2) is 8.09. The number of anilines is 1. The van der Waals surface area contributed by atoms with Crippen molar-refractivity contribution in [1.29, 1.82) is 0 Å². The summed E-state index contributed by atoms with van der Waals surface area (Å²) < 4.78 is 1.84. The van der Waals surface area contributed by atoms with Crippen molar-refractivity contribution in [3.63, 3.8) is 0 Å². The third kappa shape index (κ3) is 4.22. The molecule has 1 aliphatic heterocycles. The highest BCUT2D eigenvalue weighted by Gasteiger charge is 2.14. The van der Waals surface area contributed by atoms with Crippen LogP contribution in [0, 0.1) is 0 Å². The minimum absolute atomic E-state index is 0.203. The number of piperidine rings is 1. The van der Waals surface area contributed by atoms with E-state index in [1.54, 1.807) is 24.2 Å². The van der Waals surface area contributed by atoms with Crippen LogP contribution in [0.4, 0.5) is 5.82 Å². The molecule has 1 saturated heterocycles. The SMILES string of the molecule is Cn1cnnc1SCCNC(=O)c1ccc(N2CCCCC2)nn1. The normalized spacial score (nSPS) is 14.6. The van der Waals surface area contributed by atoms with E-state index in [9.17, 15) is 4.79 Å². The summed E-state index contributed by atoms with van der Waals surface area (Å²) in [4.78, 5) is 14.3. The molecular weight excluding hydrogens is 326 g/mol. The van der Waals surface area contributed by atoms with Gasteiger partial charge in [-0.15, -0.1) is 20.4 Å². The predicted molar refractivity (Wildman–Crippen MR) is 92.2 cm³/mol. The molecule has 128 valence electrons. The molecule has 0 atom stereocenters. The Labute approximate surface area is 145 Å². The molecule has 3 rings (SSSR count). The van der Waals surface area contributed by atoms with Gasteiger partial charge in [0.15, 0.2) is 16.7 Å². The van der Waals surface area contributed by atoms with E-state index in [2.05, 4.69) is 30.6 Å². The molecule has 24 heavy (non-hydrogen) atoms. The Balaban J connectivity index is 1.45. The first kappa shape index (κ1) is 16.7. The van der Waals surface area contributed by atoms with E-state index >= 15 is 0 Å². The summed E-state index contributed by atoms with van der Waals surface area (Å²) in [6.45, 7) is 2.56. The molecule has 0 bridgehead atoms. The number of nitrogens with zero attached hydrogens (tertiary/aromatic N) is 6. The Kier molecular flexibility index (Phi) is 5.63. The van der Waals surface area contributed by atoms with Crippen LogP contribution in [0.2, 0.25) is 0 Å². The Bertz CT molecular complexity index is 667. The average Bonchev–Trinajstić information content (AvgIpc) is 3.04. The van der Waals surface area contributed by atoms with Crippen molar-refractivity contribution in [1.82, 2.24) is 30.3 Å². The van der Waals surface area contributed by atoms with E-state index < -0.39 is 0 Å². The van der Waals surface area contributed by atoms with Crippen molar-refractivity contribution in [3.8, 4) is 0 Å². The van der Waals surface area contributed by atoms with Gasteiger partial charge in [-0.25, -0.2) is 0 Å². The molecule has 1 aliphatic rings. The van der Waals surface area contributed by atoms with Crippen LogP contribution in [-0.2, 0) is 7.05 Å². The number of amides is 1. The lowest BCUT2D eigenvalue weighted by Crippen LogP contribution is -2.31. The summed E-state index contributed by atoms with van der Waals surface area (Å²) in [7, 11) is 1.89. The molecule has 3 heterocycles. The van der Waals surface area contributed by atoms with Crippen LogP contribution in [0.15, 0.2) is 23.6 Å². The quantitative estimate of drug-likeness (QED) is 0.618. The fourth-order valence-corrected chi connectivity index (χ4v) is 3.28. The maximum atomic E-state index is 12.1. The molecule has 1 amide bonds. The Morgan fingerprint density at radius 1 is 1.21 bits per heavy atom. The molecular formula is C15H21N7OS. The second-order valence-electron chi connectivity index (χ2n) is 5.65. The van der Waals surface area contributed by atoms with Gasteiger partial charge in [-0.3, -0.25) is 4.79 Å². The van der Waals surface area contributed by atoms with Crippen LogP contribution in [0.1, 0.15) is 29.8 Å². The van der Waals surface area contributed by atoms with Gasteiger partial charge < -0.3 is 14.8 Å². The van der Waals surface area contributed by atoms with Gasteiger partial charge in [0.05, 0.1) is 0 Å². The summed E-state index contributed by atoms with van der Waals surface area (Å²) in [5.41, 5.74) is 0.347. The van der Waals surface area contributed by atoms with Gasteiger partial charge in [0.25, 0.3) is 5.91 Å². The molecule has 0 saturated carbocycles. The van der Waals surface area contributed by atoms with Gasteiger partial charge in [-0.1, -0.05) is 11.8 Å². The van der Waals surface area contributed by atoms with Gasteiger partial charge in [-0.05, 0) is 31.4 Å². The molecule has 1 fully saturated rings. The second-order valence-corrected chi connectivity index (χ2v) is 6.72. The Hall–Kier alpha value is -2.16. The van der Waals surface area contributed by atoms with Crippen LogP contribution < -0.4 is 10.2 Å². The first-order valence-corrected chi connectivity index (χ1v) is 9.06. The number of nitrogens with one attached hydrogen (secondary N) is 1. The lowest BCUT2D eigenvalue weighted by molar-refractivity contribution is 0.0950. The standard InChI is InChI=1S/C15H21N7OS/c1-21-11-17-20-15(21)24-10-7-16-14(23)12-5-6-13(19-18-12)22-8-3-2-4-9-22/h5-6,11H,2-4,7-10H2,1H3,(H,16,23). The van der Waals surface area contributed by atoms with Gasteiger partial charge in [0, 0.05) is 32.4 Å². The van der Waals surface area contributed by atoms with E-state index in [1.165, 1.54) is 19.3 Å². The number of aromatic nitrogens is 5. The molecule has 0 radical (unpaired) electrons. The average molecular weight is 347 g/mol. The molecule has 1 N–H and O–H groups in total. The first-order valence-electron chi connectivity index (χ1n) is 8.08. The number of aryl methyl sites for hydroxylation is 1. The highest BCUT2D eigenvalue weighted by atomic mass is 32.2. The zero-order valence-electron chi connectivity index (χ0n) is 13.7. The largest absolute Gasteiger partial charge is 0.355 e. The number of carbonyl (C=O) groups is 1. The lowest BCUT2D eigenvalue weighted by atomic mass is 10.1. The summed E-state index contributed by atoms with van der Waals surface area (Å²) in [6.07, 6.45) is 5.30. The van der Waals surface area contributed by atoms with Gasteiger partial charge in [0.1, 0.15) is 6.33 Å². The fraction of sp³-hybridized carbons (Fsp3) is 0.533. The van der Waals surface area contributed by atoms with E-state index in [-0.39, 0.29) is 5.91 Å². The van der Waals surface area contributed by atoms with Crippen molar-refractivity contribution < 1.29 is 4.79 Å². The first-order chi connectivity index (χ1) is 11.7. The Morgan fingerprint density at radius 3 is 2.71 bits per heavy atom. The van der Waals surface area contributed by atoms with E-state index in [1.807, 2.05) is 17.7 Å². The number of hydrogen-bond acceptors (Lipinski definition) is 7. The third-order valence-corrected chi connectivity index (χ3v) is 4.89. The van der Waals surface area contributed by atoms with Crippen molar-refractivity contribution in [2.45, 2.75) is 24.4 Å².